The first-order chi connectivity index (χ1) is 9.31. The number of thioether (sulfide) groups is 1. The van der Waals surface area contributed by atoms with Gasteiger partial charge >= 0.3 is 0 Å². The van der Waals surface area contributed by atoms with Crippen LogP contribution in [0.15, 0.2) is 0 Å². The monoisotopic (exact) mass is 284 g/mol. The van der Waals surface area contributed by atoms with E-state index in [0.29, 0.717) is 11.9 Å². The van der Waals surface area contributed by atoms with E-state index < -0.39 is 0 Å². The second-order valence-electron chi connectivity index (χ2n) is 5.79. The fraction of sp³-hybridized carbons (Fsp3) is 0.933. The van der Waals surface area contributed by atoms with E-state index in [1.807, 2.05) is 11.8 Å². The van der Waals surface area contributed by atoms with Gasteiger partial charge in [0.1, 0.15) is 0 Å². The van der Waals surface area contributed by atoms with Gasteiger partial charge in [-0.25, -0.2) is 0 Å². The molecule has 0 saturated carbocycles. The largest absolute Gasteiger partial charge is 0.340 e. The molecule has 0 spiro atoms. The maximum Gasteiger partial charge on any atom is 0.235 e. The van der Waals surface area contributed by atoms with Gasteiger partial charge < -0.3 is 10.2 Å². The molecular weight excluding hydrogens is 256 g/mol. The predicted octanol–water partition coefficient (Wildman–Crippen LogP) is 2.65. The lowest BCUT2D eigenvalue weighted by molar-refractivity contribution is -0.131. The van der Waals surface area contributed by atoms with Gasteiger partial charge in [0.05, 0.1) is 5.25 Å². The van der Waals surface area contributed by atoms with E-state index in [2.05, 4.69) is 17.1 Å². The average Bonchev–Trinajstić information content (AvgIpc) is 2.48. The SMILES string of the molecule is CCCN(CC1CCCCN1)C(=O)C1CCCCS1. The number of hydrogen-bond donors (Lipinski definition) is 1. The van der Waals surface area contributed by atoms with Crippen LogP contribution < -0.4 is 5.32 Å². The molecule has 3 nitrogen and oxygen atoms in total. The van der Waals surface area contributed by atoms with Crippen molar-refractivity contribution in [2.45, 2.75) is 63.2 Å². The third-order valence-corrected chi connectivity index (χ3v) is 5.48. The summed E-state index contributed by atoms with van der Waals surface area (Å²) >= 11 is 1.88. The fourth-order valence-electron chi connectivity index (χ4n) is 3.05. The highest BCUT2D eigenvalue weighted by Crippen LogP contribution is 2.27. The van der Waals surface area contributed by atoms with Gasteiger partial charge in [0.2, 0.25) is 5.91 Å². The Bertz CT molecular complexity index is 273. The van der Waals surface area contributed by atoms with Gasteiger partial charge in [0.25, 0.3) is 0 Å². The van der Waals surface area contributed by atoms with Crippen LogP contribution in [0.3, 0.4) is 0 Å². The average molecular weight is 284 g/mol. The number of carbonyl (C=O) groups excluding carboxylic acids is 1. The molecule has 0 aromatic rings. The Morgan fingerprint density at radius 2 is 2.11 bits per heavy atom. The molecule has 2 saturated heterocycles. The quantitative estimate of drug-likeness (QED) is 0.842. The van der Waals surface area contributed by atoms with Crippen LogP contribution in [0.25, 0.3) is 0 Å². The molecule has 2 aliphatic heterocycles. The highest BCUT2D eigenvalue weighted by atomic mass is 32.2. The van der Waals surface area contributed by atoms with Crippen molar-refractivity contribution in [2.24, 2.45) is 0 Å². The lowest BCUT2D eigenvalue weighted by Gasteiger charge is -2.33. The van der Waals surface area contributed by atoms with Crippen molar-refractivity contribution in [1.82, 2.24) is 10.2 Å². The summed E-state index contributed by atoms with van der Waals surface area (Å²) in [5.74, 6) is 1.57. The number of hydrogen-bond acceptors (Lipinski definition) is 3. The molecule has 2 fully saturated rings. The van der Waals surface area contributed by atoms with E-state index in [0.717, 1.165) is 38.2 Å². The van der Waals surface area contributed by atoms with Gasteiger partial charge in [0.15, 0.2) is 0 Å². The Hall–Kier alpha value is -0.220. The molecule has 0 aromatic carbocycles. The molecule has 4 heteroatoms. The zero-order chi connectivity index (χ0) is 13.5. The smallest absolute Gasteiger partial charge is 0.235 e. The molecule has 0 bridgehead atoms. The lowest BCUT2D eigenvalue weighted by atomic mass is 10.0. The van der Waals surface area contributed by atoms with Crippen molar-refractivity contribution in [3.8, 4) is 0 Å². The maximum atomic E-state index is 12.6. The van der Waals surface area contributed by atoms with Crippen LogP contribution in [0, 0.1) is 0 Å². The van der Waals surface area contributed by atoms with Crippen LogP contribution in [0.1, 0.15) is 51.9 Å². The van der Waals surface area contributed by atoms with Crippen LogP contribution >= 0.6 is 11.8 Å². The summed E-state index contributed by atoms with van der Waals surface area (Å²) < 4.78 is 0. The van der Waals surface area contributed by atoms with Gasteiger partial charge in [-0.15, -0.1) is 11.8 Å². The molecule has 2 unspecified atom stereocenters. The van der Waals surface area contributed by atoms with Crippen molar-refractivity contribution in [3.63, 3.8) is 0 Å². The van der Waals surface area contributed by atoms with E-state index in [4.69, 9.17) is 0 Å². The molecule has 19 heavy (non-hydrogen) atoms. The summed E-state index contributed by atoms with van der Waals surface area (Å²) in [4.78, 5) is 14.8. The topological polar surface area (TPSA) is 32.3 Å². The van der Waals surface area contributed by atoms with Crippen LogP contribution in [0.2, 0.25) is 0 Å². The molecule has 110 valence electrons. The van der Waals surface area contributed by atoms with Gasteiger partial charge in [-0.05, 0) is 44.4 Å². The Morgan fingerprint density at radius 3 is 2.74 bits per heavy atom. The molecule has 0 aromatic heterocycles. The van der Waals surface area contributed by atoms with Gasteiger partial charge in [-0.1, -0.05) is 19.8 Å². The standard InChI is InChI=1S/C15H28N2OS/c1-2-10-17(12-13-7-3-5-9-16-13)15(18)14-8-4-6-11-19-14/h13-14,16H,2-12H2,1H3. The number of carbonyl (C=O) groups is 1. The normalized spacial score (nSPS) is 28.1. The number of piperidine rings is 1. The maximum absolute atomic E-state index is 12.6. The van der Waals surface area contributed by atoms with E-state index in [1.54, 1.807) is 0 Å². The Morgan fingerprint density at radius 1 is 1.26 bits per heavy atom. The van der Waals surface area contributed by atoms with Crippen molar-refractivity contribution in [1.29, 1.82) is 0 Å². The lowest BCUT2D eigenvalue weighted by Crippen LogP contribution is -2.48. The van der Waals surface area contributed by atoms with Crippen LogP contribution in [-0.2, 0) is 4.79 Å². The number of rotatable bonds is 5. The minimum atomic E-state index is 0.240. The second-order valence-corrected chi connectivity index (χ2v) is 7.10. The first-order valence-corrected chi connectivity index (χ1v) is 9.00. The Labute approximate surface area is 121 Å². The number of nitrogens with one attached hydrogen (secondary N) is 1. The third kappa shape index (κ3) is 4.67. The summed E-state index contributed by atoms with van der Waals surface area (Å²) in [5, 5.41) is 3.80. The summed E-state index contributed by atoms with van der Waals surface area (Å²) in [6.07, 6.45) is 8.49. The molecule has 2 rings (SSSR count). The number of amides is 1. The fourth-order valence-corrected chi connectivity index (χ4v) is 4.33. The minimum absolute atomic E-state index is 0.240. The third-order valence-electron chi connectivity index (χ3n) is 4.11. The first-order valence-electron chi connectivity index (χ1n) is 7.95. The summed E-state index contributed by atoms with van der Waals surface area (Å²) in [5.41, 5.74) is 0. The first kappa shape index (κ1) is 15.2. The predicted molar refractivity (Wildman–Crippen MR) is 82.6 cm³/mol. The van der Waals surface area contributed by atoms with Crippen LogP contribution in [0.4, 0.5) is 0 Å². The van der Waals surface area contributed by atoms with Crippen LogP contribution in [0.5, 0.6) is 0 Å². The van der Waals surface area contributed by atoms with E-state index in [-0.39, 0.29) is 5.25 Å². The highest BCUT2D eigenvalue weighted by molar-refractivity contribution is 8.00. The molecular formula is C15H28N2OS. The highest BCUT2D eigenvalue weighted by Gasteiger charge is 2.28. The van der Waals surface area contributed by atoms with Crippen LogP contribution in [-0.4, -0.2) is 47.5 Å². The molecule has 1 amide bonds. The molecule has 1 N–H and O–H groups in total. The van der Waals surface area contributed by atoms with Gasteiger partial charge in [-0.3, -0.25) is 4.79 Å². The van der Waals surface area contributed by atoms with Crippen molar-refractivity contribution in [3.05, 3.63) is 0 Å². The molecule has 0 radical (unpaired) electrons. The van der Waals surface area contributed by atoms with E-state index >= 15 is 0 Å². The van der Waals surface area contributed by atoms with E-state index in [1.165, 1.54) is 32.1 Å². The van der Waals surface area contributed by atoms with Crippen molar-refractivity contribution < 1.29 is 4.79 Å². The zero-order valence-electron chi connectivity index (χ0n) is 12.2. The number of nitrogens with zero attached hydrogens (tertiary/aromatic N) is 1. The Kier molecular flexibility index (Phi) is 6.51. The van der Waals surface area contributed by atoms with E-state index in [9.17, 15) is 4.79 Å². The molecule has 2 aliphatic rings. The van der Waals surface area contributed by atoms with Gasteiger partial charge in [0, 0.05) is 19.1 Å². The minimum Gasteiger partial charge on any atom is -0.340 e. The second kappa shape index (κ2) is 8.15. The molecule has 2 atom stereocenters. The molecule has 2 heterocycles. The van der Waals surface area contributed by atoms with Crippen molar-refractivity contribution in [2.75, 3.05) is 25.4 Å². The summed E-state index contributed by atoms with van der Waals surface area (Å²) in [7, 11) is 0. The summed E-state index contributed by atoms with van der Waals surface area (Å²) in [6, 6.07) is 0.526. The Balaban J connectivity index is 1.87. The van der Waals surface area contributed by atoms with Gasteiger partial charge in [-0.2, -0.15) is 0 Å². The van der Waals surface area contributed by atoms with Crippen molar-refractivity contribution >= 4 is 17.7 Å². The molecule has 0 aliphatic carbocycles. The zero-order valence-corrected chi connectivity index (χ0v) is 13.0. The summed E-state index contributed by atoms with van der Waals surface area (Å²) in [6.45, 7) is 5.14.